The molecule has 0 heterocycles. The number of rotatable bonds is 4. The fourth-order valence-corrected chi connectivity index (χ4v) is 0.687. The highest BCUT2D eigenvalue weighted by atomic mass is 17.2. The Kier molecular flexibility index (Phi) is 5.78. The molecule has 0 saturated heterocycles. The van der Waals surface area contributed by atoms with Crippen LogP contribution in [0.5, 0.6) is 0 Å². The number of hydrogen-bond donors (Lipinski definition) is 4. The van der Waals surface area contributed by atoms with E-state index >= 15 is 0 Å². The molecule has 98 valence electrons. The van der Waals surface area contributed by atoms with Gasteiger partial charge in [-0.15, -0.1) is 0 Å². The minimum Gasteiger partial charge on any atom is -0.390 e. The zero-order valence-electron chi connectivity index (χ0n) is 9.51. The zero-order chi connectivity index (χ0) is 13.6. The Hall–Kier alpha value is -2.00. The molecule has 0 bridgehead atoms. The van der Waals surface area contributed by atoms with Crippen LogP contribution in [0, 0.1) is 0 Å². The normalized spacial score (nSPS) is 13.4. The third kappa shape index (κ3) is 5.58. The van der Waals surface area contributed by atoms with Gasteiger partial charge in [0.1, 0.15) is 12.0 Å². The lowest BCUT2D eigenvalue weighted by Gasteiger charge is -2.13. The maximum atomic E-state index is 11.2. The van der Waals surface area contributed by atoms with E-state index in [2.05, 4.69) is 9.78 Å². The molecule has 8 N–H and O–H groups in total. The van der Waals surface area contributed by atoms with Crippen molar-refractivity contribution in [3.8, 4) is 0 Å². The zero-order valence-corrected chi connectivity index (χ0v) is 9.51. The topological polar surface area (TPSA) is 166 Å². The Balaban J connectivity index is 4.17. The average Bonchev–Trinajstić information content (AvgIpc) is 2.22. The number of carbonyl (C=O) groups is 2. The van der Waals surface area contributed by atoms with Gasteiger partial charge in [0.2, 0.25) is 0 Å². The highest BCUT2D eigenvalue weighted by Crippen LogP contribution is 1.99. The Morgan fingerprint density at radius 2 is 1.59 bits per heavy atom. The lowest BCUT2D eigenvalue weighted by Crippen LogP contribution is -2.32. The predicted octanol–water partition coefficient (Wildman–Crippen LogP) is -2.26. The van der Waals surface area contributed by atoms with E-state index < -0.39 is 35.8 Å². The quantitative estimate of drug-likeness (QED) is 0.186. The fraction of sp³-hybridized carbons (Fsp3) is 0.500. The van der Waals surface area contributed by atoms with Crippen molar-refractivity contribution in [3.63, 3.8) is 0 Å². The molecule has 17 heavy (non-hydrogen) atoms. The lowest BCUT2D eigenvalue weighted by molar-refractivity contribution is -0.263. The van der Waals surface area contributed by atoms with Crippen molar-refractivity contribution in [3.05, 3.63) is 11.5 Å². The maximum absolute atomic E-state index is 11.2. The van der Waals surface area contributed by atoms with E-state index in [1.54, 1.807) is 0 Å². The van der Waals surface area contributed by atoms with Crippen LogP contribution in [0.2, 0.25) is 0 Å². The van der Waals surface area contributed by atoms with Crippen LogP contribution in [0.25, 0.3) is 0 Å². The van der Waals surface area contributed by atoms with Crippen molar-refractivity contribution in [2.75, 3.05) is 0 Å². The van der Waals surface area contributed by atoms with Gasteiger partial charge in [-0.3, -0.25) is 0 Å². The molecule has 9 heteroatoms. The maximum Gasteiger partial charge on any atom is 0.405 e. The van der Waals surface area contributed by atoms with Gasteiger partial charge in [-0.25, -0.2) is 19.4 Å². The Morgan fingerprint density at radius 1 is 1.06 bits per heavy atom. The van der Waals surface area contributed by atoms with Crippen molar-refractivity contribution in [1.29, 1.82) is 0 Å². The van der Waals surface area contributed by atoms with Crippen molar-refractivity contribution in [1.82, 2.24) is 0 Å². The van der Waals surface area contributed by atoms with Gasteiger partial charge in [0.25, 0.3) is 0 Å². The van der Waals surface area contributed by atoms with Crippen molar-refractivity contribution in [2.45, 2.75) is 26.2 Å². The molecule has 0 amide bonds. The summed E-state index contributed by atoms with van der Waals surface area (Å²) in [6.45, 7) is 2.89. The van der Waals surface area contributed by atoms with E-state index in [1.807, 2.05) is 0 Å². The fourth-order valence-electron chi connectivity index (χ4n) is 0.687. The molecule has 0 aliphatic rings. The first-order valence-corrected chi connectivity index (χ1v) is 4.60. The molecule has 0 rings (SSSR count). The monoisotopic (exact) mass is 248 g/mol. The number of nitrogens with two attached hydrogens (primary N) is 4. The third-order valence-electron chi connectivity index (χ3n) is 1.48. The summed E-state index contributed by atoms with van der Waals surface area (Å²) in [4.78, 5) is 30.4. The van der Waals surface area contributed by atoms with Crippen LogP contribution in [-0.2, 0) is 24.1 Å². The second-order valence-electron chi connectivity index (χ2n) is 3.13. The highest BCUT2D eigenvalue weighted by molar-refractivity contribution is 5.88. The number of carbonyl (C=O) groups excluding carboxylic acids is 2. The summed E-state index contributed by atoms with van der Waals surface area (Å²) in [5, 5.41) is 0. The molecule has 0 aromatic heterocycles. The van der Waals surface area contributed by atoms with Crippen LogP contribution >= 0.6 is 0 Å². The molecule has 0 saturated carbocycles. The van der Waals surface area contributed by atoms with Crippen molar-refractivity contribution < 1.29 is 24.1 Å². The highest BCUT2D eigenvalue weighted by Gasteiger charge is 2.21. The smallest absolute Gasteiger partial charge is 0.390 e. The van der Waals surface area contributed by atoms with E-state index in [-0.39, 0.29) is 0 Å². The summed E-state index contributed by atoms with van der Waals surface area (Å²) in [5.74, 6) is -2.56. The molecule has 9 nitrogen and oxygen atoms in total. The van der Waals surface area contributed by atoms with Crippen LogP contribution < -0.4 is 22.9 Å². The molecule has 2 atom stereocenters. The van der Waals surface area contributed by atoms with Gasteiger partial charge in [0.15, 0.2) is 11.8 Å². The van der Waals surface area contributed by atoms with Gasteiger partial charge in [-0.05, 0) is 13.8 Å². The van der Waals surface area contributed by atoms with Crippen molar-refractivity contribution in [2.24, 2.45) is 22.9 Å². The van der Waals surface area contributed by atoms with E-state index in [4.69, 9.17) is 27.7 Å². The Bertz CT molecular complexity index is 324. The minimum absolute atomic E-state index is 0.439. The Labute approximate surface area is 97.6 Å². The van der Waals surface area contributed by atoms with Gasteiger partial charge < -0.3 is 27.7 Å². The predicted molar refractivity (Wildman–Crippen MR) is 56.0 cm³/mol. The van der Waals surface area contributed by atoms with E-state index in [0.29, 0.717) is 0 Å². The third-order valence-corrected chi connectivity index (χ3v) is 1.48. The van der Waals surface area contributed by atoms with Gasteiger partial charge >= 0.3 is 11.9 Å². The van der Waals surface area contributed by atoms with Gasteiger partial charge in [-0.2, -0.15) is 0 Å². The molecule has 0 fully saturated rings. The van der Waals surface area contributed by atoms with Gasteiger partial charge in [-0.1, -0.05) is 0 Å². The largest absolute Gasteiger partial charge is 0.405 e. The molecule has 0 aliphatic heterocycles. The summed E-state index contributed by atoms with van der Waals surface area (Å²) >= 11 is 0. The van der Waals surface area contributed by atoms with E-state index in [1.165, 1.54) is 13.8 Å². The minimum atomic E-state index is -1.17. The standard InChI is InChI=1S/C8H16N4O5/c1-3(15-4(2)9)7(13)16-17-8(14)5(10)6(11)12/h3-4H,9-12H2,1-2H3. The van der Waals surface area contributed by atoms with Gasteiger partial charge in [0.05, 0.1) is 0 Å². The number of ether oxygens (including phenoxy) is 1. The first kappa shape index (κ1) is 15.0. The summed E-state index contributed by atoms with van der Waals surface area (Å²) in [6, 6.07) is 0. The second-order valence-corrected chi connectivity index (χ2v) is 3.13. The SMILES string of the molecule is CC(N)OC(C)C(=O)OOC(=O)C(N)=C(N)N. The molecular formula is C8H16N4O5. The molecule has 0 aromatic rings. The van der Waals surface area contributed by atoms with Gasteiger partial charge in [0, 0.05) is 0 Å². The lowest BCUT2D eigenvalue weighted by atomic mass is 10.4. The average molecular weight is 248 g/mol. The molecule has 0 aliphatic carbocycles. The molecule has 0 aromatic carbocycles. The second kappa shape index (κ2) is 6.55. The molecule has 0 radical (unpaired) electrons. The Morgan fingerprint density at radius 3 is 2.00 bits per heavy atom. The summed E-state index contributed by atoms with van der Waals surface area (Å²) in [7, 11) is 0. The number of hydrogen-bond acceptors (Lipinski definition) is 9. The van der Waals surface area contributed by atoms with E-state index in [0.717, 1.165) is 0 Å². The summed E-state index contributed by atoms with van der Waals surface area (Å²) in [5.41, 5.74) is 19.9. The molecule has 2 unspecified atom stereocenters. The van der Waals surface area contributed by atoms with Crippen LogP contribution in [0.4, 0.5) is 0 Å². The molecular weight excluding hydrogens is 232 g/mol. The first-order valence-electron chi connectivity index (χ1n) is 4.60. The van der Waals surface area contributed by atoms with Crippen LogP contribution in [0.15, 0.2) is 11.5 Å². The first-order chi connectivity index (χ1) is 7.75. The molecule has 0 spiro atoms. The van der Waals surface area contributed by atoms with Crippen LogP contribution in [0.3, 0.4) is 0 Å². The summed E-state index contributed by atoms with van der Waals surface area (Å²) < 4.78 is 4.87. The summed E-state index contributed by atoms with van der Waals surface area (Å²) in [6.07, 6.45) is -1.67. The van der Waals surface area contributed by atoms with Crippen molar-refractivity contribution >= 4 is 11.9 Å². The van der Waals surface area contributed by atoms with Crippen LogP contribution in [0.1, 0.15) is 13.8 Å². The van der Waals surface area contributed by atoms with Crippen LogP contribution in [-0.4, -0.2) is 24.3 Å². The van der Waals surface area contributed by atoms with E-state index in [9.17, 15) is 9.59 Å².